The molecule has 12 heavy (non-hydrogen) atoms. The average Bonchev–Trinajstić information content (AvgIpc) is 2.86. The Kier molecular flexibility index (Phi) is 1.57. The minimum absolute atomic E-state index is 0.0506. The highest BCUT2D eigenvalue weighted by Crippen LogP contribution is 2.43. The number of hydrogen-bond donors (Lipinski definition) is 1. The van der Waals surface area contributed by atoms with E-state index in [2.05, 4.69) is 11.4 Å². The minimum Gasteiger partial charge on any atom is -0.338 e. The van der Waals surface area contributed by atoms with Crippen LogP contribution >= 0.6 is 0 Å². The van der Waals surface area contributed by atoms with E-state index in [0.717, 1.165) is 25.7 Å². The van der Waals surface area contributed by atoms with E-state index in [1.807, 2.05) is 0 Å². The second kappa shape index (κ2) is 2.48. The topological polar surface area (TPSA) is 52.9 Å². The molecule has 1 saturated heterocycles. The monoisotopic (exact) mass is 164 g/mol. The molecular weight excluding hydrogens is 152 g/mol. The van der Waals surface area contributed by atoms with Crippen LogP contribution in [-0.4, -0.2) is 11.4 Å². The van der Waals surface area contributed by atoms with Crippen molar-refractivity contribution in [2.24, 2.45) is 5.92 Å². The van der Waals surface area contributed by atoms with Gasteiger partial charge in [-0.15, -0.1) is 0 Å². The highest BCUT2D eigenvalue weighted by atomic mass is 16.1. The van der Waals surface area contributed by atoms with Crippen LogP contribution in [0.3, 0.4) is 0 Å². The summed E-state index contributed by atoms with van der Waals surface area (Å²) in [4.78, 5) is 11.1. The predicted molar refractivity (Wildman–Crippen MR) is 43.1 cm³/mol. The van der Waals surface area contributed by atoms with Gasteiger partial charge in [0.05, 0.1) is 6.07 Å². The Labute approximate surface area is 71.8 Å². The molecule has 2 rings (SSSR count). The second-order valence-corrected chi connectivity index (χ2v) is 3.76. The van der Waals surface area contributed by atoms with Crippen LogP contribution in [0, 0.1) is 17.2 Å². The predicted octanol–water partition coefficient (Wildman–Crippen LogP) is 0.959. The van der Waals surface area contributed by atoms with Gasteiger partial charge in [0.2, 0.25) is 5.91 Å². The van der Waals surface area contributed by atoms with Gasteiger partial charge in [-0.1, -0.05) is 0 Å². The molecule has 0 radical (unpaired) electrons. The van der Waals surface area contributed by atoms with Gasteiger partial charge in [0.25, 0.3) is 0 Å². The fraction of sp³-hybridized carbons (Fsp3) is 0.778. The molecule has 1 amide bonds. The Balaban J connectivity index is 2.15. The summed E-state index contributed by atoms with van der Waals surface area (Å²) in [5, 5.41) is 11.8. The summed E-state index contributed by atoms with van der Waals surface area (Å²) in [5.41, 5.74) is -0.491. The Morgan fingerprint density at radius 1 is 1.58 bits per heavy atom. The minimum atomic E-state index is -0.491. The molecule has 1 saturated carbocycles. The lowest BCUT2D eigenvalue weighted by Gasteiger charge is -2.31. The Bertz CT molecular complexity index is 252. The van der Waals surface area contributed by atoms with Crippen LogP contribution in [-0.2, 0) is 4.79 Å². The number of rotatable bonds is 1. The van der Waals surface area contributed by atoms with E-state index in [4.69, 9.17) is 5.26 Å². The highest BCUT2D eigenvalue weighted by Gasteiger charge is 2.47. The molecule has 0 aromatic carbocycles. The summed E-state index contributed by atoms with van der Waals surface area (Å²) in [5.74, 6) is 0.487. The van der Waals surface area contributed by atoms with Crippen molar-refractivity contribution >= 4 is 5.91 Å². The lowest BCUT2D eigenvalue weighted by Crippen LogP contribution is -2.52. The van der Waals surface area contributed by atoms with Crippen molar-refractivity contribution in [3.8, 4) is 6.07 Å². The molecule has 0 spiro atoms. The van der Waals surface area contributed by atoms with Crippen LogP contribution in [0.4, 0.5) is 0 Å². The summed E-state index contributed by atoms with van der Waals surface area (Å²) < 4.78 is 0. The molecule has 0 aromatic heterocycles. The van der Waals surface area contributed by atoms with E-state index in [1.54, 1.807) is 0 Å². The molecule has 0 bridgehead atoms. The molecule has 2 aliphatic rings. The summed E-state index contributed by atoms with van der Waals surface area (Å²) in [6.45, 7) is 0. The summed E-state index contributed by atoms with van der Waals surface area (Å²) in [6, 6.07) is 2.28. The molecule has 1 heterocycles. The van der Waals surface area contributed by atoms with Gasteiger partial charge in [-0.05, 0) is 31.6 Å². The van der Waals surface area contributed by atoms with E-state index in [1.165, 1.54) is 0 Å². The van der Waals surface area contributed by atoms with Crippen LogP contribution < -0.4 is 5.32 Å². The Hall–Kier alpha value is -1.04. The molecule has 1 aliphatic heterocycles. The van der Waals surface area contributed by atoms with E-state index in [-0.39, 0.29) is 5.91 Å². The van der Waals surface area contributed by atoms with Crippen molar-refractivity contribution < 1.29 is 4.79 Å². The first kappa shape index (κ1) is 7.60. The van der Waals surface area contributed by atoms with Crippen LogP contribution in [0.25, 0.3) is 0 Å². The van der Waals surface area contributed by atoms with Crippen molar-refractivity contribution in [2.75, 3.05) is 0 Å². The van der Waals surface area contributed by atoms with Crippen molar-refractivity contribution in [1.82, 2.24) is 5.32 Å². The zero-order valence-corrected chi connectivity index (χ0v) is 6.97. The van der Waals surface area contributed by atoms with E-state index >= 15 is 0 Å². The van der Waals surface area contributed by atoms with E-state index in [9.17, 15) is 4.79 Å². The number of piperidine rings is 1. The van der Waals surface area contributed by atoms with Gasteiger partial charge in [-0.2, -0.15) is 5.26 Å². The third-order valence-electron chi connectivity index (χ3n) is 2.81. The molecule has 3 nitrogen and oxygen atoms in total. The van der Waals surface area contributed by atoms with Crippen molar-refractivity contribution in [3.63, 3.8) is 0 Å². The summed E-state index contributed by atoms with van der Waals surface area (Å²) in [6.07, 6.45) is 4.52. The van der Waals surface area contributed by atoms with E-state index < -0.39 is 5.54 Å². The quantitative estimate of drug-likeness (QED) is 0.627. The van der Waals surface area contributed by atoms with Crippen LogP contribution in [0.1, 0.15) is 32.1 Å². The molecule has 0 aromatic rings. The average molecular weight is 164 g/mol. The first-order chi connectivity index (χ1) is 5.77. The largest absolute Gasteiger partial charge is 0.338 e. The van der Waals surface area contributed by atoms with E-state index in [0.29, 0.717) is 12.3 Å². The number of carbonyl (C=O) groups is 1. The van der Waals surface area contributed by atoms with Gasteiger partial charge < -0.3 is 5.32 Å². The summed E-state index contributed by atoms with van der Waals surface area (Å²) >= 11 is 0. The fourth-order valence-corrected chi connectivity index (χ4v) is 1.96. The van der Waals surface area contributed by atoms with Crippen LogP contribution in [0.15, 0.2) is 0 Å². The van der Waals surface area contributed by atoms with Gasteiger partial charge in [-0.3, -0.25) is 4.79 Å². The molecular formula is C9H12N2O. The molecule has 2 fully saturated rings. The smallest absolute Gasteiger partial charge is 0.221 e. The maximum atomic E-state index is 11.1. The number of nitrogens with zero attached hydrogens (tertiary/aromatic N) is 1. The first-order valence-electron chi connectivity index (χ1n) is 4.49. The summed E-state index contributed by atoms with van der Waals surface area (Å²) in [7, 11) is 0. The zero-order chi connectivity index (χ0) is 8.60. The second-order valence-electron chi connectivity index (χ2n) is 3.76. The van der Waals surface area contributed by atoms with Gasteiger partial charge in [0.1, 0.15) is 5.54 Å². The van der Waals surface area contributed by atoms with Crippen molar-refractivity contribution in [3.05, 3.63) is 0 Å². The van der Waals surface area contributed by atoms with Crippen molar-refractivity contribution in [1.29, 1.82) is 5.26 Å². The maximum absolute atomic E-state index is 11.1. The van der Waals surface area contributed by atoms with Crippen LogP contribution in [0.5, 0.6) is 0 Å². The van der Waals surface area contributed by atoms with Gasteiger partial charge in [0, 0.05) is 6.42 Å². The normalized spacial score (nSPS) is 35.4. The van der Waals surface area contributed by atoms with Gasteiger partial charge in [-0.25, -0.2) is 0 Å². The first-order valence-corrected chi connectivity index (χ1v) is 4.49. The number of amides is 1. The Morgan fingerprint density at radius 2 is 2.33 bits per heavy atom. The molecule has 64 valence electrons. The fourth-order valence-electron chi connectivity index (χ4n) is 1.96. The molecule has 1 aliphatic carbocycles. The maximum Gasteiger partial charge on any atom is 0.221 e. The Morgan fingerprint density at radius 3 is 2.83 bits per heavy atom. The third-order valence-corrected chi connectivity index (χ3v) is 2.81. The SMILES string of the molecule is N#CC1(C2CC2)CCCC(=O)N1. The lowest BCUT2D eigenvalue weighted by molar-refractivity contribution is -0.124. The highest BCUT2D eigenvalue weighted by molar-refractivity contribution is 5.78. The number of nitrogens with one attached hydrogen (secondary N) is 1. The number of carbonyl (C=O) groups excluding carboxylic acids is 1. The molecule has 3 heteroatoms. The standard InChI is InChI=1S/C9H12N2O/c10-6-9(7-3-4-7)5-1-2-8(12)11-9/h7H,1-5H2,(H,11,12). The zero-order valence-electron chi connectivity index (χ0n) is 6.97. The molecule has 1 unspecified atom stereocenters. The number of hydrogen-bond acceptors (Lipinski definition) is 2. The van der Waals surface area contributed by atoms with Crippen molar-refractivity contribution in [2.45, 2.75) is 37.6 Å². The van der Waals surface area contributed by atoms with Gasteiger partial charge >= 0.3 is 0 Å². The lowest BCUT2D eigenvalue weighted by atomic mass is 9.85. The van der Waals surface area contributed by atoms with Gasteiger partial charge in [0.15, 0.2) is 0 Å². The van der Waals surface area contributed by atoms with Crippen LogP contribution in [0.2, 0.25) is 0 Å². The number of nitriles is 1. The molecule has 1 N–H and O–H groups in total. The molecule has 1 atom stereocenters. The third kappa shape index (κ3) is 1.08.